The molecule has 2 aliphatic rings. The number of nitrogens with zero attached hydrogens (tertiary/aromatic N) is 3. The summed E-state index contributed by atoms with van der Waals surface area (Å²) in [4.78, 5) is 36.9. The highest BCUT2D eigenvalue weighted by molar-refractivity contribution is 8.18. The lowest BCUT2D eigenvalue weighted by Crippen LogP contribution is -2.37. The van der Waals surface area contributed by atoms with Gasteiger partial charge < -0.3 is 10.6 Å². The summed E-state index contributed by atoms with van der Waals surface area (Å²) in [5, 5.41) is 10.3. The molecule has 5 rings (SSSR count). The van der Waals surface area contributed by atoms with E-state index < -0.39 is 0 Å². The first kappa shape index (κ1) is 22.5. The number of carbonyl (C=O) groups is 2. The third-order valence-corrected chi connectivity index (χ3v) is 6.98. The van der Waals surface area contributed by atoms with Gasteiger partial charge in [0.2, 0.25) is 5.95 Å². The number of fused-ring (bicyclic) bond motifs is 1. The van der Waals surface area contributed by atoms with Crippen molar-refractivity contribution >= 4 is 45.8 Å². The number of hydrogen-bond acceptors (Lipinski definition) is 8. The SMILES string of the molecule is Cc1cc(CN[C@H]2CC[C@@H](Nc3nccc(C=C4SC(=O)NC4=O)n3)CC2)c2ccccc2n1. The van der Waals surface area contributed by atoms with Crippen LogP contribution in [0.2, 0.25) is 0 Å². The maximum atomic E-state index is 11.8. The van der Waals surface area contributed by atoms with Crippen molar-refractivity contribution in [2.24, 2.45) is 0 Å². The molecular formula is C25H26N6O2S. The number of amides is 2. The van der Waals surface area contributed by atoms with Crippen molar-refractivity contribution in [3.05, 3.63) is 64.5 Å². The van der Waals surface area contributed by atoms with Crippen LogP contribution in [-0.2, 0) is 11.3 Å². The summed E-state index contributed by atoms with van der Waals surface area (Å²) in [5.74, 6) is 0.156. The minimum absolute atomic E-state index is 0.302. The second kappa shape index (κ2) is 9.90. The molecule has 1 saturated carbocycles. The Kier molecular flexibility index (Phi) is 6.55. The zero-order valence-corrected chi connectivity index (χ0v) is 19.7. The summed E-state index contributed by atoms with van der Waals surface area (Å²) in [6.45, 7) is 2.88. The van der Waals surface area contributed by atoms with Crippen LogP contribution in [0.25, 0.3) is 17.0 Å². The smallest absolute Gasteiger partial charge is 0.290 e. The van der Waals surface area contributed by atoms with Crippen molar-refractivity contribution < 1.29 is 9.59 Å². The molecule has 0 atom stereocenters. The molecule has 2 amide bonds. The maximum Gasteiger partial charge on any atom is 0.290 e. The van der Waals surface area contributed by atoms with Gasteiger partial charge in [0.1, 0.15) is 0 Å². The second-order valence-corrected chi connectivity index (χ2v) is 9.69. The predicted molar refractivity (Wildman–Crippen MR) is 134 cm³/mol. The minimum Gasteiger partial charge on any atom is -0.351 e. The number of rotatable bonds is 6. The Bertz CT molecular complexity index is 1270. The highest BCUT2D eigenvalue weighted by Crippen LogP contribution is 2.26. The van der Waals surface area contributed by atoms with Crippen LogP contribution in [0.4, 0.5) is 10.7 Å². The van der Waals surface area contributed by atoms with Crippen molar-refractivity contribution in [3.63, 3.8) is 0 Å². The molecule has 0 unspecified atom stereocenters. The molecule has 9 heteroatoms. The molecule has 0 spiro atoms. The lowest BCUT2D eigenvalue weighted by molar-refractivity contribution is -0.115. The van der Waals surface area contributed by atoms with E-state index in [4.69, 9.17) is 0 Å². The van der Waals surface area contributed by atoms with Crippen LogP contribution in [-0.4, -0.2) is 38.2 Å². The van der Waals surface area contributed by atoms with Gasteiger partial charge in [-0.05, 0) is 74.2 Å². The van der Waals surface area contributed by atoms with Gasteiger partial charge in [0, 0.05) is 35.9 Å². The van der Waals surface area contributed by atoms with E-state index >= 15 is 0 Å². The van der Waals surface area contributed by atoms with E-state index in [0.717, 1.165) is 55.2 Å². The van der Waals surface area contributed by atoms with Gasteiger partial charge in [-0.1, -0.05) is 18.2 Å². The largest absolute Gasteiger partial charge is 0.351 e. The molecular weight excluding hydrogens is 448 g/mol. The van der Waals surface area contributed by atoms with Crippen LogP contribution in [0.5, 0.6) is 0 Å². The lowest BCUT2D eigenvalue weighted by Gasteiger charge is -2.30. The highest BCUT2D eigenvalue weighted by atomic mass is 32.2. The van der Waals surface area contributed by atoms with Gasteiger partial charge in [-0.15, -0.1) is 0 Å². The lowest BCUT2D eigenvalue weighted by atomic mass is 9.91. The first-order valence-electron chi connectivity index (χ1n) is 11.5. The van der Waals surface area contributed by atoms with Gasteiger partial charge in [-0.2, -0.15) is 0 Å². The standard InChI is InChI=1S/C25H26N6O2S/c1-15-12-16(20-4-2-3-5-21(20)28-15)14-27-17-6-8-18(9-7-17)29-24-26-11-10-19(30-24)13-22-23(32)31-25(33)34-22/h2-5,10-13,17-18,27H,6-9,14H2,1H3,(H,26,29,30)(H,31,32,33)/t17-,18+. The predicted octanol–water partition coefficient (Wildman–Crippen LogP) is 4.17. The van der Waals surface area contributed by atoms with E-state index in [1.54, 1.807) is 18.3 Å². The third kappa shape index (κ3) is 5.26. The number of anilines is 1. The third-order valence-electron chi connectivity index (χ3n) is 6.17. The quantitative estimate of drug-likeness (QED) is 0.457. The van der Waals surface area contributed by atoms with Gasteiger partial charge >= 0.3 is 0 Å². The van der Waals surface area contributed by atoms with Crippen LogP contribution >= 0.6 is 11.8 Å². The van der Waals surface area contributed by atoms with Gasteiger partial charge in [0.25, 0.3) is 11.1 Å². The second-order valence-electron chi connectivity index (χ2n) is 8.67. The Morgan fingerprint density at radius 2 is 1.88 bits per heavy atom. The zero-order valence-electron chi connectivity index (χ0n) is 18.9. The fourth-order valence-electron chi connectivity index (χ4n) is 4.50. The summed E-state index contributed by atoms with van der Waals surface area (Å²) in [7, 11) is 0. The summed E-state index contributed by atoms with van der Waals surface area (Å²) in [5.41, 5.74) is 3.97. The fraction of sp³-hybridized carbons (Fsp3) is 0.320. The van der Waals surface area contributed by atoms with Crippen molar-refractivity contribution in [3.8, 4) is 0 Å². The van der Waals surface area contributed by atoms with E-state index in [1.165, 1.54) is 10.9 Å². The molecule has 1 aliphatic carbocycles. The molecule has 8 nitrogen and oxygen atoms in total. The number of hydrogen-bond donors (Lipinski definition) is 3. The highest BCUT2D eigenvalue weighted by Gasteiger charge is 2.25. The van der Waals surface area contributed by atoms with Gasteiger partial charge in [0.15, 0.2) is 0 Å². The molecule has 2 aromatic heterocycles. The number of aromatic nitrogens is 3. The average molecular weight is 475 g/mol. The Morgan fingerprint density at radius 1 is 1.09 bits per heavy atom. The molecule has 0 bridgehead atoms. The molecule has 174 valence electrons. The van der Waals surface area contributed by atoms with E-state index in [2.05, 4.69) is 55.2 Å². The molecule has 3 aromatic rings. The minimum atomic E-state index is -0.385. The Balaban J connectivity index is 1.15. The van der Waals surface area contributed by atoms with Crippen molar-refractivity contribution in [2.75, 3.05) is 5.32 Å². The molecule has 0 radical (unpaired) electrons. The molecule has 1 aliphatic heterocycles. The van der Waals surface area contributed by atoms with Crippen LogP contribution < -0.4 is 16.0 Å². The van der Waals surface area contributed by atoms with Gasteiger partial charge in [-0.25, -0.2) is 9.97 Å². The summed E-state index contributed by atoms with van der Waals surface area (Å²) in [6, 6.07) is 13.0. The normalized spacial score (nSPS) is 21.7. The molecule has 3 heterocycles. The number of para-hydroxylation sites is 1. The molecule has 3 N–H and O–H groups in total. The van der Waals surface area contributed by atoms with Gasteiger partial charge in [0.05, 0.1) is 16.1 Å². The van der Waals surface area contributed by atoms with E-state index in [9.17, 15) is 9.59 Å². The number of thioether (sulfide) groups is 1. The number of imide groups is 1. The van der Waals surface area contributed by atoms with Crippen molar-refractivity contribution in [1.82, 2.24) is 25.6 Å². The first-order valence-corrected chi connectivity index (χ1v) is 12.3. The number of nitrogens with one attached hydrogen (secondary N) is 3. The van der Waals surface area contributed by atoms with Crippen LogP contribution in [0.15, 0.2) is 47.5 Å². The summed E-state index contributed by atoms with van der Waals surface area (Å²) >= 11 is 0.885. The monoisotopic (exact) mass is 474 g/mol. The number of pyridine rings is 1. The Hall–Kier alpha value is -3.30. The Labute approximate surface area is 202 Å². The zero-order chi connectivity index (χ0) is 23.5. The number of aryl methyl sites for hydroxylation is 1. The van der Waals surface area contributed by atoms with Crippen LogP contribution in [0, 0.1) is 6.92 Å². The number of carbonyl (C=O) groups excluding carboxylic acids is 2. The first-order chi connectivity index (χ1) is 16.5. The summed E-state index contributed by atoms with van der Waals surface area (Å²) < 4.78 is 0. The Morgan fingerprint density at radius 3 is 2.68 bits per heavy atom. The van der Waals surface area contributed by atoms with E-state index in [0.29, 0.717) is 28.6 Å². The van der Waals surface area contributed by atoms with Crippen molar-refractivity contribution in [1.29, 1.82) is 0 Å². The van der Waals surface area contributed by atoms with E-state index in [1.807, 2.05) is 13.0 Å². The molecule has 34 heavy (non-hydrogen) atoms. The number of benzene rings is 1. The van der Waals surface area contributed by atoms with Crippen molar-refractivity contribution in [2.45, 2.75) is 51.2 Å². The maximum absolute atomic E-state index is 11.8. The van der Waals surface area contributed by atoms with Gasteiger partial charge in [-0.3, -0.25) is 19.9 Å². The topological polar surface area (TPSA) is 109 Å². The molecule has 1 aromatic carbocycles. The van der Waals surface area contributed by atoms with Crippen LogP contribution in [0.1, 0.15) is 42.6 Å². The van der Waals surface area contributed by atoms with E-state index in [-0.39, 0.29) is 11.1 Å². The molecule has 1 saturated heterocycles. The fourth-order valence-corrected chi connectivity index (χ4v) is 5.16. The average Bonchev–Trinajstić information content (AvgIpc) is 3.14. The molecule has 2 fully saturated rings. The summed E-state index contributed by atoms with van der Waals surface area (Å²) in [6.07, 6.45) is 7.47. The van der Waals surface area contributed by atoms with Crippen LogP contribution in [0.3, 0.4) is 0 Å².